The molecule has 0 aromatic heterocycles. The second-order valence-electron chi connectivity index (χ2n) is 4.92. The van der Waals surface area contributed by atoms with Crippen molar-refractivity contribution >= 4 is 0 Å². The summed E-state index contributed by atoms with van der Waals surface area (Å²) in [6.07, 6.45) is 0.619. The van der Waals surface area contributed by atoms with E-state index in [0.29, 0.717) is 45.5 Å². The van der Waals surface area contributed by atoms with Crippen LogP contribution in [0.1, 0.15) is 27.2 Å². The molecular weight excluding hydrogens is 246 g/mol. The molecule has 5 nitrogen and oxygen atoms in total. The van der Waals surface area contributed by atoms with E-state index >= 15 is 0 Å². The van der Waals surface area contributed by atoms with Gasteiger partial charge in [-0.15, -0.1) is 0 Å². The van der Waals surface area contributed by atoms with Crippen LogP contribution in [0.4, 0.5) is 0 Å². The average Bonchev–Trinajstić information content (AvgIpc) is 2.37. The highest BCUT2D eigenvalue weighted by Gasteiger charge is 2.03. The van der Waals surface area contributed by atoms with Gasteiger partial charge in [-0.25, -0.2) is 0 Å². The summed E-state index contributed by atoms with van der Waals surface area (Å²) in [5.74, 6) is 0.684. The summed E-state index contributed by atoms with van der Waals surface area (Å²) in [5.41, 5.74) is 0. The number of ether oxygens (including phenoxy) is 3. The van der Waals surface area contributed by atoms with Gasteiger partial charge in [0.05, 0.1) is 32.5 Å². The van der Waals surface area contributed by atoms with Crippen LogP contribution in [0.3, 0.4) is 0 Å². The van der Waals surface area contributed by atoms with E-state index in [4.69, 9.17) is 14.2 Å². The van der Waals surface area contributed by atoms with E-state index in [9.17, 15) is 5.11 Å². The first-order valence-corrected chi connectivity index (χ1v) is 7.28. The fourth-order valence-electron chi connectivity index (χ4n) is 1.37. The molecule has 0 rings (SSSR count). The molecule has 0 radical (unpaired) electrons. The lowest BCUT2D eigenvalue weighted by molar-refractivity contribution is 0.00595. The lowest BCUT2D eigenvalue weighted by Gasteiger charge is -2.12. The molecule has 0 aromatic rings. The van der Waals surface area contributed by atoms with E-state index < -0.39 is 6.10 Å². The third-order valence-electron chi connectivity index (χ3n) is 2.53. The number of hydrogen-bond acceptors (Lipinski definition) is 5. The zero-order chi connectivity index (χ0) is 14.3. The Balaban J connectivity index is 3.13. The highest BCUT2D eigenvalue weighted by Crippen LogP contribution is 1.98. The van der Waals surface area contributed by atoms with Gasteiger partial charge >= 0.3 is 0 Å². The molecule has 0 aromatic carbocycles. The Kier molecular flexibility index (Phi) is 14.1. The van der Waals surface area contributed by atoms with Crippen molar-refractivity contribution in [1.29, 1.82) is 0 Å². The molecule has 0 saturated carbocycles. The summed E-state index contributed by atoms with van der Waals surface area (Å²) in [5, 5.41) is 12.8. The maximum Gasteiger partial charge on any atom is 0.0897 e. The summed E-state index contributed by atoms with van der Waals surface area (Å²) in [6, 6.07) is 0. The van der Waals surface area contributed by atoms with Gasteiger partial charge in [0.1, 0.15) is 0 Å². The summed E-state index contributed by atoms with van der Waals surface area (Å²) in [7, 11) is 0. The topological polar surface area (TPSA) is 60.0 Å². The van der Waals surface area contributed by atoms with Crippen LogP contribution in [0.2, 0.25) is 0 Å². The molecule has 1 atom stereocenters. The second-order valence-corrected chi connectivity index (χ2v) is 4.92. The van der Waals surface area contributed by atoms with Crippen molar-refractivity contribution in [3.8, 4) is 0 Å². The molecular formula is C14H31NO4. The minimum Gasteiger partial charge on any atom is -0.389 e. The highest BCUT2D eigenvalue weighted by atomic mass is 16.5. The largest absolute Gasteiger partial charge is 0.389 e. The molecule has 5 heteroatoms. The molecule has 0 spiro atoms. The van der Waals surface area contributed by atoms with Crippen molar-refractivity contribution in [2.75, 3.05) is 52.7 Å². The minimum atomic E-state index is -0.475. The van der Waals surface area contributed by atoms with Gasteiger partial charge in [0.15, 0.2) is 0 Å². The minimum absolute atomic E-state index is 0.342. The monoisotopic (exact) mass is 277 g/mol. The van der Waals surface area contributed by atoms with Crippen molar-refractivity contribution in [3.63, 3.8) is 0 Å². The quantitative estimate of drug-likeness (QED) is 0.465. The van der Waals surface area contributed by atoms with Crippen LogP contribution in [0.15, 0.2) is 0 Å². The normalized spacial score (nSPS) is 13.1. The second kappa shape index (κ2) is 14.2. The van der Waals surface area contributed by atoms with E-state index in [1.807, 2.05) is 6.92 Å². The van der Waals surface area contributed by atoms with Gasteiger partial charge in [0.25, 0.3) is 0 Å². The maximum absolute atomic E-state index is 9.61. The third kappa shape index (κ3) is 15.7. The van der Waals surface area contributed by atoms with Gasteiger partial charge in [0, 0.05) is 26.3 Å². The molecule has 0 bridgehead atoms. The van der Waals surface area contributed by atoms with Crippen molar-refractivity contribution in [2.24, 2.45) is 5.92 Å². The lowest BCUT2D eigenvalue weighted by Crippen LogP contribution is -2.32. The molecule has 0 heterocycles. The van der Waals surface area contributed by atoms with E-state index in [0.717, 1.165) is 19.6 Å². The van der Waals surface area contributed by atoms with Gasteiger partial charge in [-0.3, -0.25) is 0 Å². The molecule has 0 amide bonds. The van der Waals surface area contributed by atoms with E-state index in [1.165, 1.54) is 0 Å². The lowest BCUT2D eigenvalue weighted by atomic mass is 10.1. The molecule has 116 valence electrons. The van der Waals surface area contributed by atoms with E-state index in [1.54, 1.807) is 0 Å². The number of aliphatic hydroxyl groups excluding tert-OH is 1. The Hall–Kier alpha value is -0.200. The first kappa shape index (κ1) is 18.8. The average molecular weight is 277 g/mol. The molecule has 0 aliphatic carbocycles. The SMILES string of the molecule is CCOCCOCC(O)CNCCOCCC(C)C. The van der Waals surface area contributed by atoms with Crippen LogP contribution in [-0.4, -0.2) is 63.9 Å². The molecule has 19 heavy (non-hydrogen) atoms. The van der Waals surface area contributed by atoms with Gasteiger partial charge in [-0.1, -0.05) is 13.8 Å². The summed E-state index contributed by atoms with van der Waals surface area (Å²) < 4.78 is 15.9. The number of rotatable bonds is 14. The van der Waals surface area contributed by atoms with Crippen molar-refractivity contribution in [2.45, 2.75) is 33.3 Å². The Morgan fingerprint density at radius 1 is 1.00 bits per heavy atom. The van der Waals surface area contributed by atoms with Crippen LogP contribution < -0.4 is 5.32 Å². The Morgan fingerprint density at radius 3 is 2.42 bits per heavy atom. The van der Waals surface area contributed by atoms with Crippen LogP contribution in [-0.2, 0) is 14.2 Å². The van der Waals surface area contributed by atoms with E-state index in [2.05, 4.69) is 19.2 Å². The van der Waals surface area contributed by atoms with Gasteiger partial charge in [0.2, 0.25) is 0 Å². The number of hydrogen-bond donors (Lipinski definition) is 2. The van der Waals surface area contributed by atoms with Crippen LogP contribution >= 0.6 is 0 Å². The van der Waals surface area contributed by atoms with Gasteiger partial charge < -0.3 is 24.6 Å². The Bertz CT molecular complexity index is 179. The number of nitrogens with one attached hydrogen (secondary N) is 1. The fraction of sp³-hybridized carbons (Fsp3) is 1.00. The smallest absolute Gasteiger partial charge is 0.0897 e. The van der Waals surface area contributed by atoms with E-state index in [-0.39, 0.29) is 0 Å². The Morgan fingerprint density at radius 2 is 1.74 bits per heavy atom. The zero-order valence-corrected chi connectivity index (χ0v) is 12.7. The summed E-state index contributed by atoms with van der Waals surface area (Å²) in [4.78, 5) is 0. The van der Waals surface area contributed by atoms with Gasteiger partial charge in [-0.05, 0) is 19.3 Å². The number of aliphatic hydroxyl groups is 1. The molecule has 1 unspecified atom stereocenters. The molecule has 0 aliphatic heterocycles. The van der Waals surface area contributed by atoms with Crippen molar-refractivity contribution in [1.82, 2.24) is 5.32 Å². The predicted molar refractivity (Wildman–Crippen MR) is 76.5 cm³/mol. The first-order chi connectivity index (χ1) is 9.16. The van der Waals surface area contributed by atoms with Gasteiger partial charge in [-0.2, -0.15) is 0 Å². The highest BCUT2D eigenvalue weighted by molar-refractivity contribution is 4.58. The van der Waals surface area contributed by atoms with Crippen molar-refractivity contribution < 1.29 is 19.3 Å². The molecule has 0 saturated heterocycles. The molecule has 0 fully saturated rings. The zero-order valence-electron chi connectivity index (χ0n) is 12.7. The van der Waals surface area contributed by atoms with Crippen molar-refractivity contribution in [3.05, 3.63) is 0 Å². The summed E-state index contributed by atoms with van der Waals surface area (Å²) in [6.45, 7) is 11.3. The van der Waals surface area contributed by atoms with Crippen LogP contribution in [0.25, 0.3) is 0 Å². The van der Waals surface area contributed by atoms with Crippen LogP contribution in [0, 0.1) is 5.92 Å². The predicted octanol–water partition coefficient (Wildman–Crippen LogP) is 1.05. The first-order valence-electron chi connectivity index (χ1n) is 7.28. The fourth-order valence-corrected chi connectivity index (χ4v) is 1.37. The molecule has 0 aliphatic rings. The summed E-state index contributed by atoms with van der Waals surface area (Å²) >= 11 is 0. The maximum atomic E-state index is 9.61. The standard InChI is InChI=1S/C14H31NO4/c1-4-17-9-10-19-12-14(16)11-15-6-8-18-7-5-13(2)3/h13-16H,4-12H2,1-3H3. The Labute approximate surface area is 117 Å². The third-order valence-corrected chi connectivity index (χ3v) is 2.53. The van der Waals surface area contributed by atoms with Crippen LogP contribution in [0.5, 0.6) is 0 Å². The molecule has 2 N–H and O–H groups in total.